The van der Waals surface area contributed by atoms with E-state index in [0.717, 1.165) is 25.7 Å². The van der Waals surface area contributed by atoms with Crippen molar-refractivity contribution in [2.75, 3.05) is 6.61 Å². The van der Waals surface area contributed by atoms with Gasteiger partial charge in [0.15, 0.2) is 0 Å². The molecule has 0 rings (SSSR count). The van der Waals surface area contributed by atoms with Crippen molar-refractivity contribution in [3.8, 4) is 0 Å². The molecule has 0 fully saturated rings. The van der Waals surface area contributed by atoms with E-state index < -0.39 is 6.18 Å². The first-order valence-electron chi connectivity index (χ1n) is 4.98. The molecule has 0 N–H and O–H groups in total. The van der Waals surface area contributed by atoms with Gasteiger partial charge in [-0.1, -0.05) is 26.2 Å². The first kappa shape index (κ1) is 13.8. The summed E-state index contributed by atoms with van der Waals surface area (Å²) in [4.78, 5) is 0. The van der Waals surface area contributed by atoms with Crippen LogP contribution in [0.4, 0.5) is 13.2 Å². The minimum atomic E-state index is -4.22. The molecule has 0 bridgehead atoms. The zero-order chi connectivity index (χ0) is 11.0. The molecule has 0 aliphatic carbocycles. The molecular formula is C10H18F3O. The summed E-state index contributed by atoms with van der Waals surface area (Å²) >= 11 is 0. The van der Waals surface area contributed by atoms with Crippen LogP contribution in [-0.4, -0.2) is 18.9 Å². The molecule has 4 heteroatoms. The van der Waals surface area contributed by atoms with Crippen molar-refractivity contribution in [2.45, 2.75) is 51.8 Å². The van der Waals surface area contributed by atoms with E-state index in [4.69, 9.17) is 4.74 Å². The lowest BCUT2D eigenvalue weighted by Crippen LogP contribution is -2.16. The van der Waals surface area contributed by atoms with Gasteiger partial charge in [0.2, 0.25) is 0 Å². The molecule has 0 aromatic carbocycles. The van der Waals surface area contributed by atoms with Crippen molar-refractivity contribution in [3.05, 3.63) is 6.42 Å². The second-order valence-corrected chi connectivity index (χ2v) is 3.39. The molecule has 1 unspecified atom stereocenters. The monoisotopic (exact) mass is 211 g/mol. The maximum Gasteiger partial charge on any atom is 0.394 e. The van der Waals surface area contributed by atoms with Gasteiger partial charge in [-0.25, -0.2) is 0 Å². The van der Waals surface area contributed by atoms with Gasteiger partial charge in [-0.15, -0.1) is 0 Å². The molecule has 0 heterocycles. The topological polar surface area (TPSA) is 9.23 Å². The molecule has 0 aliphatic heterocycles. The second-order valence-electron chi connectivity index (χ2n) is 3.39. The van der Waals surface area contributed by atoms with Crippen LogP contribution in [0.1, 0.15) is 39.5 Å². The molecular weight excluding hydrogens is 193 g/mol. The van der Waals surface area contributed by atoms with Gasteiger partial charge in [0.05, 0.1) is 19.1 Å². The van der Waals surface area contributed by atoms with E-state index in [1.807, 2.05) is 0 Å². The fourth-order valence-electron chi connectivity index (χ4n) is 1.07. The van der Waals surface area contributed by atoms with Crippen molar-refractivity contribution < 1.29 is 17.9 Å². The standard InChI is InChI=1S/C10H18F3O/c1-3-4-5-6-9(2)14-8-7-10(11,12)13/h7,9H,3-6,8H2,1-2H3. The van der Waals surface area contributed by atoms with Crippen molar-refractivity contribution in [1.29, 1.82) is 0 Å². The van der Waals surface area contributed by atoms with Crippen LogP contribution >= 0.6 is 0 Å². The van der Waals surface area contributed by atoms with E-state index in [2.05, 4.69) is 6.92 Å². The quantitative estimate of drug-likeness (QED) is 0.583. The summed E-state index contributed by atoms with van der Waals surface area (Å²) in [6.07, 6.45) is 0.00784. The normalized spacial score (nSPS) is 14.4. The van der Waals surface area contributed by atoms with Gasteiger partial charge in [-0.05, 0) is 13.3 Å². The van der Waals surface area contributed by atoms with Crippen molar-refractivity contribution in [2.24, 2.45) is 0 Å². The van der Waals surface area contributed by atoms with Gasteiger partial charge in [-0.2, -0.15) is 13.2 Å². The Hall–Kier alpha value is -0.250. The highest BCUT2D eigenvalue weighted by molar-refractivity contribution is 4.73. The Labute approximate surface area is 83.6 Å². The first-order valence-corrected chi connectivity index (χ1v) is 4.98. The van der Waals surface area contributed by atoms with Crippen LogP contribution in [0.25, 0.3) is 0 Å². The molecule has 0 saturated carbocycles. The molecule has 85 valence electrons. The Morgan fingerprint density at radius 1 is 1.29 bits per heavy atom. The molecule has 0 spiro atoms. The number of hydrogen-bond donors (Lipinski definition) is 0. The Balaban J connectivity index is 3.31. The van der Waals surface area contributed by atoms with E-state index in [0.29, 0.717) is 0 Å². The summed E-state index contributed by atoms with van der Waals surface area (Å²) in [6.45, 7) is 3.56. The highest BCUT2D eigenvalue weighted by Crippen LogP contribution is 2.18. The van der Waals surface area contributed by atoms with Gasteiger partial charge < -0.3 is 4.74 Å². The van der Waals surface area contributed by atoms with E-state index in [1.54, 1.807) is 6.92 Å². The van der Waals surface area contributed by atoms with Gasteiger partial charge >= 0.3 is 6.18 Å². The van der Waals surface area contributed by atoms with Crippen LogP contribution < -0.4 is 0 Å². The highest BCUT2D eigenvalue weighted by Gasteiger charge is 2.27. The highest BCUT2D eigenvalue weighted by atomic mass is 19.4. The summed E-state index contributed by atoms with van der Waals surface area (Å²) in [5.74, 6) is 0. The molecule has 1 nitrogen and oxygen atoms in total. The third-order valence-corrected chi connectivity index (χ3v) is 1.91. The van der Waals surface area contributed by atoms with Crippen LogP contribution in [0.3, 0.4) is 0 Å². The first-order chi connectivity index (χ1) is 6.45. The number of unbranched alkanes of at least 4 members (excludes halogenated alkanes) is 2. The van der Waals surface area contributed by atoms with E-state index in [-0.39, 0.29) is 19.1 Å². The lowest BCUT2D eigenvalue weighted by Gasteiger charge is -2.13. The Kier molecular flexibility index (Phi) is 6.97. The Morgan fingerprint density at radius 3 is 2.43 bits per heavy atom. The number of alkyl halides is 3. The molecule has 1 atom stereocenters. The Morgan fingerprint density at radius 2 is 1.93 bits per heavy atom. The van der Waals surface area contributed by atoms with Crippen molar-refractivity contribution in [1.82, 2.24) is 0 Å². The largest absolute Gasteiger partial charge is 0.394 e. The Bertz CT molecular complexity index is 134. The predicted molar refractivity (Wildman–Crippen MR) is 49.9 cm³/mol. The molecule has 14 heavy (non-hydrogen) atoms. The van der Waals surface area contributed by atoms with Crippen molar-refractivity contribution in [3.63, 3.8) is 0 Å². The lowest BCUT2D eigenvalue weighted by molar-refractivity contribution is -0.108. The fraction of sp³-hybridized carbons (Fsp3) is 0.900. The van der Waals surface area contributed by atoms with Gasteiger partial charge in [-0.3, -0.25) is 0 Å². The maximum atomic E-state index is 11.7. The lowest BCUT2D eigenvalue weighted by atomic mass is 10.1. The minimum absolute atomic E-state index is 0.0832. The van der Waals surface area contributed by atoms with Gasteiger partial charge in [0, 0.05) is 0 Å². The summed E-state index contributed by atoms with van der Waals surface area (Å²) < 4.78 is 40.0. The molecule has 0 saturated heterocycles. The van der Waals surface area contributed by atoms with E-state index in [9.17, 15) is 13.2 Å². The summed E-state index contributed by atoms with van der Waals surface area (Å²) in [5, 5.41) is 0. The molecule has 0 aromatic heterocycles. The number of ether oxygens (including phenoxy) is 1. The van der Waals surface area contributed by atoms with Crippen LogP contribution in [-0.2, 0) is 4.74 Å². The number of rotatable bonds is 7. The van der Waals surface area contributed by atoms with Crippen LogP contribution in [0.2, 0.25) is 0 Å². The maximum absolute atomic E-state index is 11.7. The SMILES string of the molecule is CCCCCC(C)OC[CH]C(F)(F)F. The number of halogens is 3. The summed E-state index contributed by atoms with van der Waals surface area (Å²) in [7, 11) is 0. The molecule has 0 amide bonds. The van der Waals surface area contributed by atoms with Gasteiger partial charge in [0.25, 0.3) is 0 Å². The summed E-state index contributed by atoms with van der Waals surface area (Å²) in [5.41, 5.74) is 0. The molecule has 1 radical (unpaired) electrons. The van der Waals surface area contributed by atoms with Gasteiger partial charge in [0.1, 0.15) is 0 Å². The van der Waals surface area contributed by atoms with Crippen LogP contribution in [0, 0.1) is 6.42 Å². The average Bonchev–Trinajstić information content (AvgIpc) is 2.02. The molecule has 0 aliphatic rings. The third kappa shape index (κ3) is 9.84. The van der Waals surface area contributed by atoms with E-state index >= 15 is 0 Å². The fourth-order valence-corrected chi connectivity index (χ4v) is 1.07. The predicted octanol–water partition coefficient (Wildman–Crippen LogP) is 3.74. The minimum Gasteiger partial charge on any atom is -0.378 e. The molecule has 0 aromatic rings. The van der Waals surface area contributed by atoms with Crippen LogP contribution in [0.15, 0.2) is 0 Å². The smallest absolute Gasteiger partial charge is 0.378 e. The van der Waals surface area contributed by atoms with E-state index in [1.165, 1.54) is 0 Å². The zero-order valence-corrected chi connectivity index (χ0v) is 8.73. The zero-order valence-electron chi connectivity index (χ0n) is 8.73. The third-order valence-electron chi connectivity index (χ3n) is 1.91. The average molecular weight is 211 g/mol. The second kappa shape index (κ2) is 7.10. The van der Waals surface area contributed by atoms with Crippen LogP contribution in [0.5, 0.6) is 0 Å². The number of hydrogen-bond acceptors (Lipinski definition) is 1. The van der Waals surface area contributed by atoms with Crippen molar-refractivity contribution >= 4 is 0 Å². The summed E-state index contributed by atoms with van der Waals surface area (Å²) in [6, 6.07) is 0.